The highest BCUT2D eigenvalue weighted by atomic mass is 32.1. The van der Waals surface area contributed by atoms with Gasteiger partial charge in [0.15, 0.2) is 6.10 Å². The van der Waals surface area contributed by atoms with Crippen molar-refractivity contribution >= 4 is 23.0 Å². The minimum Gasteiger partial charge on any atom is -0.452 e. The largest absolute Gasteiger partial charge is 0.452 e. The molecule has 0 radical (unpaired) electrons. The van der Waals surface area contributed by atoms with Crippen molar-refractivity contribution in [3.05, 3.63) is 62.7 Å². The quantitative estimate of drug-likeness (QED) is 0.376. The number of ether oxygens (including phenoxy) is 1. The topological polar surface area (TPSA) is 108 Å². The van der Waals surface area contributed by atoms with Crippen LogP contribution in [-0.4, -0.2) is 21.1 Å². The van der Waals surface area contributed by atoms with Gasteiger partial charge in [-0.25, -0.2) is 0 Å². The van der Waals surface area contributed by atoms with E-state index in [1.165, 1.54) is 35.6 Å². The molecule has 0 saturated heterocycles. The first-order chi connectivity index (χ1) is 12.0. The van der Waals surface area contributed by atoms with Crippen LogP contribution in [-0.2, 0) is 16.0 Å². The van der Waals surface area contributed by atoms with Crippen molar-refractivity contribution in [1.29, 1.82) is 0 Å². The second-order valence-electron chi connectivity index (χ2n) is 5.14. The third-order valence-corrected chi connectivity index (χ3v) is 4.20. The van der Waals surface area contributed by atoms with E-state index in [-0.39, 0.29) is 29.9 Å². The van der Waals surface area contributed by atoms with Crippen LogP contribution in [0.2, 0.25) is 0 Å². The first kappa shape index (κ1) is 16.8. The van der Waals surface area contributed by atoms with Crippen LogP contribution in [0.25, 0.3) is 11.5 Å². The maximum atomic E-state index is 11.9. The predicted molar refractivity (Wildman–Crippen MR) is 88.9 cm³/mol. The van der Waals surface area contributed by atoms with Gasteiger partial charge in [-0.3, -0.25) is 14.9 Å². The average Bonchev–Trinajstić information content (AvgIpc) is 3.26. The molecule has 0 fully saturated rings. The summed E-state index contributed by atoms with van der Waals surface area (Å²) in [6, 6.07) is 9.46. The van der Waals surface area contributed by atoms with Gasteiger partial charge in [0.05, 0.1) is 11.3 Å². The summed E-state index contributed by atoms with van der Waals surface area (Å²) >= 11 is 1.48. The molecule has 2 aromatic heterocycles. The molecule has 0 aliphatic carbocycles. The van der Waals surface area contributed by atoms with Crippen molar-refractivity contribution in [2.24, 2.45) is 0 Å². The molecule has 0 saturated carbocycles. The SMILES string of the molecule is C[C@H](OC(=O)Cc1cccs1)c1nnc(-c2ccc([N+](=O)[O-])cc2)o1. The summed E-state index contributed by atoms with van der Waals surface area (Å²) in [4.78, 5) is 23.0. The number of non-ortho nitro benzene ring substituents is 1. The van der Waals surface area contributed by atoms with E-state index in [4.69, 9.17) is 9.15 Å². The van der Waals surface area contributed by atoms with Gasteiger partial charge in [-0.2, -0.15) is 0 Å². The van der Waals surface area contributed by atoms with Gasteiger partial charge in [-0.05, 0) is 30.5 Å². The molecular weight excluding hydrogens is 346 g/mol. The van der Waals surface area contributed by atoms with E-state index in [0.717, 1.165) is 4.88 Å². The van der Waals surface area contributed by atoms with E-state index in [9.17, 15) is 14.9 Å². The first-order valence-electron chi connectivity index (χ1n) is 7.33. The minimum atomic E-state index is -0.688. The summed E-state index contributed by atoms with van der Waals surface area (Å²) in [6.45, 7) is 1.64. The third kappa shape index (κ3) is 4.07. The van der Waals surface area contributed by atoms with Crippen LogP contribution in [0.3, 0.4) is 0 Å². The van der Waals surface area contributed by atoms with Crippen LogP contribution in [0, 0.1) is 10.1 Å². The molecule has 3 aromatic rings. The summed E-state index contributed by atoms with van der Waals surface area (Å²) in [5, 5.41) is 20.3. The Kier molecular flexibility index (Phi) is 4.85. The van der Waals surface area contributed by atoms with Crippen LogP contribution in [0.5, 0.6) is 0 Å². The Balaban J connectivity index is 1.65. The number of nitro benzene ring substituents is 1. The number of nitrogens with zero attached hydrogens (tertiary/aromatic N) is 3. The van der Waals surface area contributed by atoms with E-state index in [1.54, 1.807) is 6.92 Å². The lowest BCUT2D eigenvalue weighted by Gasteiger charge is -2.08. The maximum Gasteiger partial charge on any atom is 0.311 e. The van der Waals surface area contributed by atoms with E-state index in [2.05, 4.69) is 10.2 Å². The highest BCUT2D eigenvalue weighted by Crippen LogP contribution is 2.24. The molecule has 1 aromatic carbocycles. The predicted octanol–water partition coefficient (Wildman–Crippen LogP) is 3.55. The molecule has 0 aliphatic rings. The average molecular weight is 359 g/mol. The van der Waals surface area contributed by atoms with Crippen LogP contribution in [0.4, 0.5) is 5.69 Å². The van der Waals surface area contributed by atoms with E-state index >= 15 is 0 Å². The van der Waals surface area contributed by atoms with Gasteiger partial charge in [0.2, 0.25) is 5.89 Å². The smallest absolute Gasteiger partial charge is 0.311 e. The van der Waals surface area contributed by atoms with Gasteiger partial charge in [-0.15, -0.1) is 21.5 Å². The van der Waals surface area contributed by atoms with Crippen molar-refractivity contribution in [1.82, 2.24) is 10.2 Å². The van der Waals surface area contributed by atoms with Gasteiger partial charge in [0.1, 0.15) is 0 Å². The molecule has 128 valence electrons. The summed E-state index contributed by atoms with van der Waals surface area (Å²) in [7, 11) is 0. The minimum absolute atomic E-state index is 0.0284. The maximum absolute atomic E-state index is 11.9. The Morgan fingerprint density at radius 3 is 2.72 bits per heavy atom. The second-order valence-corrected chi connectivity index (χ2v) is 6.17. The second kappa shape index (κ2) is 7.22. The number of hydrogen-bond acceptors (Lipinski definition) is 8. The number of thiophene rings is 1. The van der Waals surface area contributed by atoms with Crippen LogP contribution < -0.4 is 0 Å². The van der Waals surface area contributed by atoms with Crippen LogP contribution in [0.15, 0.2) is 46.2 Å². The van der Waals surface area contributed by atoms with Crippen molar-refractivity contribution in [2.45, 2.75) is 19.4 Å². The molecule has 8 nitrogen and oxygen atoms in total. The zero-order valence-corrected chi connectivity index (χ0v) is 13.9. The normalized spacial score (nSPS) is 11.9. The fourth-order valence-electron chi connectivity index (χ4n) is 2.09. The molecule has 0 unspecified atom stereocenters. The van der Waals surface area contributed by atoms with Gasteiger partial charge >= 0.3 is 5.97 Å². The standard InChI is InChI=1S/C16H13N3O5S/c1-10(23-14(20)9-13-3-2-8-25-13)15-17-18-16(24-15)11-4-6-12(7-5-11)19(21)22/h2-8,10H,9H2,1H3/t10-/m0/s1. The third-order valence-electron chi connectivity index (χ3n) is 3.32. The number of carbonyl (C=O) groups is 1. The molecule has 0 spiro atoms. The fourth-order valence-corrected chi connectivity index (χ4v) is 2.78. The summed E-state index contributed by atoms with van der Waals surface area (Å²) < 4.78 is 10.8. The Morgan fingerprint density at radius 2 is 2.08 bits per heavy atom. The molecule has 9 heteroatoms. The number of esters is 1. The van der Waals surface area contributed by atoms with Crippen molar-refractivity contribution < 1.29 is 18.9 Å². The molecule has 1 atom stereocenters. The van der Waals surface area contributed by atoms with Crippen LogP contribution in [0.1, 0.15) is 23.8 Å². The molecule has 0 aliphatic heterocycles. The summed E-state index contributed by atoms with van der Waals surface area (Å²) in [5.41, 5.74) is 0.515. The summed E-state index contributed by atoms with van der Waals surface area (Å²) in [5.74, 6) is -0.0241. The molecule has 3 rings (SSSR count). The van der Waals surface area contributed by atoms with E-state index in [1.807, 2.05) is 17.5 Å². The molecular formula is C16H13N3O5S. The van der Waals surface area contributed by atoms with Crippen molar-refractivity contribution in [2.75, 3.05) is 0 Å². The van der Waals surface area contributed by atoms with E-state index < -0.39 is 11.0 Å². The van der Waals surface area contributed by atoms with Crippen LogP contribution >= 0.6 is 11.3 Å². The number of nitro groups is 1. The highest BCUT2D eigenvalue weighted by Gasteiger charge is 2.19. The number of carbonyl (C=O) groups excluding carboxylic acids is 1. The molecule has 0 bridgehead atoms. The Morgan fingerprint density at radius 1 is 1.32 bits per heavy atom. The lowest BCUT2D eigenvalue weighted by molar-refractivity contribution is -0.384. The molecule has 25 heavy (non-hydrogen) atoms. The lowest BCUT2D eigenvalue weighted by Crippen LogP contribution is -2.11. The lowest BCUT2D eigenvalue weighted by atomic mass is 10.2. The monoisotopic (exact) mass is 359 g/mol. The Labute approximate surface area is 146 Å². The van der Waals surface area contributed by atoms with Crippen molar-refractivity contribution in [3.63, 3.8) is 0 Å². The number of benzene rings is 1. The number of aromatic nitrogens is 2. The number of hydrogen-bond donors (Lipinski definition) is 0. The fraction of sp³-hybridized carbons (Fsp3) is 0.188. The number of rotatable bonds is 6. The van der Waals surface area contributed by atoms with Crippen molar-refractivity contribution in [3.8, 4) is 11.5 Å². The Bertz CT molecular complexity index is 874. The zero-order chi connectivity index (χ0) is 17.8. The van der Waals surface area contributed by atoms with E-state index in [0.29, 0.717) is 5.56 Å². The summed E-state index contributed by atoms with van der Waals surface area (Å²) in [6.07, 6.45) is -0.502. The highest BCUT2D eigenvalue weighted by molar-refractivity contribution is 7.10. The molecule has 2 heterocycles. The van der Waals surface area contributed by atoms with Gasteiger partial charge < -0.3 is 9.15 Å². The molecule has 0 amide bonds. The van der Waals surface area contributed by atoms with Gasteiger partial charge in [0, 0.05) is 22.6 Å². The first-order valence-corrected chi connectivity index (χ1v) is 8.21. The molecule has 0 N–H and O–H groups in total. The van der Waals surface area contributed by atoms with Gasteiger partial charge in [0.25, 0.3) is 11.6 Å². The zero-order valence-electron chi connectivity index (χ0n) is 13.1. The van der Waals surface area contributed by atoms with Gasteiger partial charge in [-0.1, -0.05) is 6.07 Å². The Hall–Kier alpha value is -3.07.